The van der Waals surface area contributed by atoms with Crippen molar-refractivity contribution in [2.45, 2.75) is 18.7 Å². The van der Waals surface area contributed by atoms with Crippen molar-refractivity contribution in [2.75, 3.05) is 11.1 Å². The second-order valence-corrected chi connectivity index (χ2v) is 6.96. The zero-order chi connectivity index (χ0) is 19.2. The number of rotatable bonds is 7. The predicted molar refractivity (Wildman–Crippen MR) is 103 cm³/mol. The number of aryl methyl sites for hydroxylation is 1. The molecule has 3 rings (SSSR count). The lowest BCUT2D eigenvalue weighted by Gasteiger charge is -2.06. The Kier molecular flexibility index (Phi) is 6.31. The predicted octanol–water partition coefficient (Wildman–Crippen LogP) is 4.22. The first-order valence-electron chi connectivity index (χ1n) is 7.98. The smallest absolute Gasteiger partial charge is 0.234 e. The van der Waals surface area contributed by atoms with E-state index in [0.717, 1.165) is 29.1 Å². The number of amides is 1. The van der Waals surface area contributed by atoms with Gasteiger partial charge in [0, 0.05) is 5.02 Å². The summed E-state index contributed by atoms with van der Waals surface area (Å²) < 4.78 is 19.4. The number of nitrogens with one attached hydrogen (secondary N) is 2. The van der Waals surface area contributed by atoms with E-state index in [1.165, 1.54) is 12.1 Å². The maximum absolute atomic E-state index is 13.7. The molecule has 0 radical (unpaired) electrons. The van der Waals surface area contributed by atoms with Crippen LogP contribution in [0.2, 0.25) is 5.02 Å². The van der Waals surface area contributed by atoms with E-state index in [-0.39, 0.29) is 29.0 Å². The Bertz CT molecular complexity index is 951. The minimum absolute atomic E-state index is 0.0397. The standard InChI is InChI=1S/C18H16ClFN4O2S/c1-11-4-2-3-5-15(11)26-9-16-22-18(24-23-16)27-10-17(25)21-14-7-6-12(19)8-13(14)20/h2-8H,9-10H2,1H3,(H,21,25)(H,22,23,24). The fourth-order valence-corrected chi connectivity index (χ4v) is 2.95. The molecule has 0 saturated carbocycles. The van der Waals surface area contributed by atoms with Gasteiger partial charge in [-0.05, 0) is 36.8 Å². The van der Waals surface area contributed by atoms with E-state index in [2.05, 4.69) is 20.5 Å². The first-order valence-corrected chi connectivity index (χ1v) is 9.35. The Morgan fingerprint density at radius 1 is 1.33 bits per heavy atom. The Morgan fingerprint density at radius 2 is 2.15 bits per heavy atom. The van der Waals surface area contributed by atoms with Crippen LogP contribution in [0.4, 0.5) is 10.1 Å². The van der Waals surface area contributed by atoms with Crippen LogP contribution in [0.5, 0.6) is 5.75 Å². The zero-order valence-electron chi connectivity index (χ0n) is 14.3. The minimum Gasteiger partial charge on any atom is -0.485 e. The van der Waals surface area contributed by atoms with E-state index in [0.29, 0.717) is 11.0 Å². The lowest BCUT2D eigenvalue weighted by molar-refractivity contribution is -0.113. The molecule has 0 bridgehead atoms. The van der Waals surface area contributed by atoms with Crippen molar-refractivity contribution in [2.24, 2.45) is 0 Å². The van der Waals surface area contributed by atoms with Crippen LogP contribution in [-0.2, 0) is 11.4 Å². The van der Waals surface area contributed by atoms with Crippen LogP contribution < -0.4 is 10.1 Å². The van der Waals surface area contributed by atoms with Gasteiger partial charge in [0.25, 0.3) is 0 Å². The number of H-pyrrole nitrogens is 1. The lowest BCUT2D eigenvalue weighted by Crippen LogP contribution is -2.15. The summed E-state index contributed by atoms with van der Waals surface area (Å²) in [5.74, 6) is 0.397. The van der Waals surface area contributed by atoms with Gasteiger partial charge in [-0.1, -0.05) is 41.6 Å². The quantitative estimate of drug-likeness (QED) is 0.574. The molecular formula is C18H16ClFN4O2S. The Labute approximate surface area is 164 Å². The molecule has 6 nitrogen and oxygen atoms in total. The van der Waals surface area contributed by atoms with Gasteiger partial charge in [0.15, 0.2) is 5.82 Å². The summed E-state index contributed by atoms with van der Waals surface area (Å²) in [6, 6.07) is 11.7. The molecule has 0 fully saturated rings. The van der Waals surface area contributed by atoms with Crippen molar-refractivity contribution in [3.8, 4) is 5.75 Å². The Morgan fingerprint density at radius 3 is 2.93 bits per heavy atom. The fraction of sp³-hybridized carbons (Fsp3) is 0.167. The van der Waals surface area contributed by atoms with Gasteiger partial charge in [-0.15, -0.1) is 5.10 Å². The van der Waals surface area contributed by atoms with Crippen LogP contribution in [0, 0.1) is 12.7 Å². The first kappa shape index (κ1) is 19.2. The molecule has 0 aliphatic carbocycles. The summed E-state index contributed by atoms with van der Waals surface area (Å²) in [6.45, 7) is 2.19. The van der Waals surface area contributed by atoms with Crippen molar-refractivity contribution in [3.63, 3.8) is 0 Å². The largest absolute Gasteiger partial charge is 0.485 e. The van der Waals surface area contributed by atoms with Gasteiger partial charge in [-0.3, -0.25) is 9.89 Å². The zero-order valence-corrected chi connectivity index (χ0v) is 15.9. The molecule has 1 aromatic heterocycles. The highest BCUT2D eigenvalue weighted by Crippen LogP contribution is 2.20. The van der Waals surface area contributed by atoms with Gasteiger partial charge >= 0.3 is 0 Å². The fourth-order valence-electron chi connectivity index (χ4n) is 2.18. The lowest BCUT2D eigenvalue weighted by atomic mass is 10.2. The van der Waals surface area contributed by atoms with Crippen molar-refractivity contribution in [3.05, 3.63) is 64.7 Å². The molecule has 0 atom stereocenters. The molecule has 27 heavy (non-hydrogen) atoms. The third-order valence-electron chi connectivity index (χ3n) is 3.51. The van der Waals surface area contributed by atoms with E-state index >= 15 is 0 Å². The third kappa shape index (κ3) is 5.45. The number of halogens is 2. The van der Waals surface area contributed by atoms with Crippen LogP contribution in [-0.4, -0.2) is 26.8 Å². The molecule has 9 heteroatoms. The van der Waals surface area contributed by atoms with Crippen molar-refractivity contribution in [1.82, 2.24) is 15.2 Å². The SMILES string of the molecule is Cc1ccccc1OCc1nc(SCC(=O)Nc2ccc(Cl)cc2F)n[nH]1. The van der Waals surface area contributed by atoms with Gasteiger partial charge < -0.3 is 10.1 Å². The summed E-state index contributed by atoms with van der Waals surface area (Å²) in [6.07, 6.45) is 0. The summed E-state index contributed by atoms with van der Waals surface area (Å²) in [4.78, 5) is 16.2. The average molecular weight is 407 g/mol. The van der Waals surface area contributed by atoms with Crippen LogP contribution >= 0.6 is 23.4 Å². The topological polar surface area (TPSA) is 79.9 Å². The van der Waals surface area contributed by atoms with Crippen LogP contribution in [0.15, 0.2) is 47.6 Å². The van der Waals surface area contributed by atoms with E-state index < -0.39 is 5.82 Å². The summed E-state index contributed by atoms with van der Waals surface area (Å²) >= 11 is 6.82. The van der Waals surface area contributed by atoms with Crippen LogP contribution in [0.3, 0.4) is 0 Å². The van der Waals surface area contributed by atoms with Gasteiger partial charge in [-0.2, -0.15) is 0 Å². The number of carbonyl (C=O) groups excluding carboxylic acids is 1. The maximum Gasteiger partial charge on any atom is 0.234 e. The summed E-state index contributed by atoms with van der Waals surface area (Å²) in [5.41, 5.74) is 1.10. The molecule has 0 aliphatic heterocycles. The van der Waals surface area contributed by atoms with Gasteiger partial charge in [0.1, 0.15) is 18.2 Å². The highest BCUT2D eigenvalue weighted by molar-refractivity contribution is 7.99. The van der Waals surface area contributed by atoms with Crippen molar-refractivity contribution < 1.29 is 13.9 Å². The average Bonchev–Trinajstić information content (AvgIpc) is 3.10. The molecule has 3 aromatic rings. The molecule has 1 amide bonds. The second kappa shape index (κ2) is 8.88. The number of aromatic amines is 1. The van der Waals surface area contributed by atoms with E-state index in [1.54, 1.807) is 0 Å². The van der Waals surface area contributed by atoms with Gasteiger partial charge in [-0.25, -0.2) is 9.37 Å². The second-order valence-electron chi connectivity index (χ2n) is 5.58. The summed E-state index contributed by atoms with van der Waals surface area (Å²) in [7, 11) is 0. The number of thioether (sulfide) groups is 1. The highest BCUT2D eigenvalue weighted by atomic mass is 35.5. The highest BCUT2D eigenvalue weighted by Gasteiger charge is 2.11. The molecular weight excluding hydrogens is 391 g/mol. The Hall–Kier alpha value is -2.58. The van der Waals surface area contributed by atoms with E-state index in [4.69, 9.17) is 16.3 Å². The minimum atomic E-state index is -0.589. The number of hydrogen-bond acceptors (Lipinski definition) is 5. The van der Waals surface area contributed by atoms with Gasteiger partial charge in [0.2, 0.25) is 11.1 Å². The first-order chi connectivity index (χ1) is 13.0. The normalized spacial score (nSPS) is 10.6. The molecule has 140 valence electrons. The molecule has 0 aliphatic rings. The molecule has 1 heterocycles. The molecule has 2 N–H and O–H groups in total. The number of anilines is 1. The number of ether oxygens (including phenoxy) is 1. The Balaban J connectivity index is 1.49. The van der Waals surface area contributed by atoms with Crippen LogP contribution in [0.25, 0.3) is 0 Å². The monoisotopic (exact) mass is 406 g/mol. The van der Waals surface area contributed by atoms with Crippen molar-refractivity contribution >= 4 is 35.0 Å². The molecule has 0 saturated heterocycles. The summed E-state index contributed by atoms with van der Waals surface area (Å²) in [5, 5.41) is 9.96. The number of aromatic nitrogens is 3. The molecule has 2 aromatic carbocycles. The van der Waals surface area contributed by atoms with E-state index in [1.807, 2.05) is 31.2 Å². The third-order valence-corrected chi connectivity index (χ3v) is 4.59. The molecule has 0 unspecified atom stereocenters. The number of nitrogens with zero attached hydrogens (tertiary/aromatic N) is 2. The number of carbonyl (C=O) groups is 1. The maximum atomic E-state index is 13.7. The van der Waals surface area contributed by atoms with Crippen molar-refractivity contribution in [1.29, 1.82) is 0 Å². The molecule has 0 spiro atoms. The number of benzene rings is 2. The van der Waals surface area contributed by atoms with Gasteiger partial charge in [0.05, 0.1) is 11.4 Å². The number of para-hydroxylation sites is 1. The van der Waals surface area contributed by atoms with Crippen LogP contribution in [0.1, 0.15) is 11.4 Å². The van der Waals surface area contributed by atoms with E-state index in [9.17, 15) is 9.18 Å². The number of hydrogen-bond donors (Lipinski definition) is 2.